The van der Waals surface area contributed by atoms with Crippen molar-refractivity contribution in [1.29, 1.82) is 0 Å². The van der Waals surface area contributed by atoms with Gasteiger partial charge in [-0.2, -0.15) is 4.40 Å². The largest absolute Gasteiger partial charge is 0.353 e. The fraction of sp³-hybridized carbons (Fsp3) is 0.625. The van der Waals surface area contributed by atoms with E-state index in [2.05, 4.69) is 34.1 Å². The van der Waals surface area contributed by atoms with Crippen molar-refractivity contribution >= 4 is 42.0 Å². The molecule has 6 nitrogen and oxygen atoms in total. The number of hydrogen-bond donors (Lipinski definition) is 0. The number of amidine groups is 1. The molecule has 32 heavy (non-hydrogen) atoms. The van der Waals surface area contributed by atoms with Crippen molar-refractivity contribution in [1.82, 2.24) is 14.7 Å². The number of nitrogens with zero attached hydrogens (tertiary/aromatic N) is 4. The SMILES string of the molecule is Cl.O=C1[C@H]2CCCC[C@H]2C(=O)N1CCCCN1CCN(C2=NSCc3ccccc32)CC1. The highest BCUT2D eigenvalue weighted by molar-refractivity contribution is 7.97. The number of halogens is 1. The summed E-state index contributed by atoms with van der Waals surface area (Å²) in [5.41, 5.74) is 2.67. The monoisotopic (exact) mass is 476 g/mol. The van der Waals surface area contributed by atoms with Crippen LogP contribution in [0.4, 0.5) is 0 Å². The fourth-order valence-electron chi connectivity index (χ4n) is 5.54. The molecule has 3 aliphatic heterocycles. The number of likely N-dealkylation sites (tertiary alicyclic amines) is 1. The number of hydrogen-bond acceptors (Lipinski definition) is 6. The minimum atomic E-state index is -0.0136. The molecule has 1 saturated carbocycles. The summed E-state index contributed by atoms with van der Waals surface area (Å²) in [7, 11) is 0. The molecule has 8 heteroatoms. The van der Waals surface area contributed by atoms with Gasteiger partial charge in [-0.3, -0.25) is 19.4 Å². The molecular formula is C24H33ClN4O2S. The van der Waals surface area contributed by atoms with Crippen LogP contribution in [0.5, 0.6) is 0 Å². The third kappa shape index (κ3) is 4.70. The van der Waals surface area contributed by atoms with Crippen LogP contribution >= 0.6 is 24.4 Å². The number of imide groups is 1. The van der Waals surface area contributed by atoms with Crippen LogP contribution in [-0.4, -0.2) is 71.6 Å². The predicted molar refractivity (Wildman–Crippen MR) is 131 cm³/mol. The van der Waals surface area contributed by atoms with Gasteiger partial charge in [-0.1, -0.05) is 37.1 Å². The van der Waals surface area contributed by atoms with E-state index in [9.17, 15) is 9.59 Å². The molecule has 3 fully saturated rings. The van der Waals surface area contributed by atoms with Gasteiger partial charge in [-0.25, -0.2) is 0 Å². The minimum absolute atomic E-state index is 0. The Labute approximate surface area is 201 Å². The van der Waals surface area contributed by atoms with E-state index in [1.165, 1.54) is 11.1 Å². The molecule has 1 aromatic rings. The third-order valence-electron chi connectivity index (χ3n) is 7.34. The van der Waals surface area contributed by atoms with E-state index in [-0.39, 0.29) is 36.1 Å². The van der Waals surface area contributed by atoms with Crippen molar-refractivity contribution in [3.63, 3.8) is 0 Å². The van der Waals surface area contributed by atoms with Gasteiger partial charge in [0, 0.05) is 44.0 Å². The lowest BCUT2D eigenvalue weighted by Gasteiger charge is -2.37. The summed E-state index contributed by atoms with van der Waals surface area (Å²) in [5.74, 6) is 2.28. The Bertz CT molecular complexity index is 847. The number of carbonyl (C=O) groups excluding carboxylic acids is 2. The number of rotatable bonds is 5. The summed E-state index contributed by atoms with van der Waals surface area (Å²) < 4.78 is 4.76. The Hall–Kier alpha value is -1.57. The molecule has 2 atom stereocenters. The van der Waals surface area contributed by atoms with Gasteiger partial charge in [-0.15, -0.1) is 12.4 Å². The Morgan fingerprint density at radius 3 is 2.28 bits per heavy atom. The quantitative estimate of drug-likeness (QED) is 0.369. The summed E-state index contributed by atoms with van der Waals surface area (Å²) >= 11 is 1.65. The molecule has 174 valence electrons. The molecule has 3 heterocycles. The van der Waals surface area contributed by atoms with Crippen LogP contribution in [0, 0.1) is 11.8 Å². The summed E-state index contributed by atoms with van der Waals surface area (Å²) in [5, 5.41) is 0. The van der Waals surface area contributed by atoms with Crippen LogP contribution in [0.2, 0.25) is 0 Å². The van der Waals surface area contributed by atoms with Gasteiger partial charge in [0.15, 0.2) is 0 Å². The summed E-state index contributed by atoms with van der Waals surface area (Å²) in [4.78, 5) is 31.7. The molecule has 2 saturated heterocycles. The van der Waals surface area contributed by atoms with Crippen molar-refractivity contribution in [2.24, 2.45) is 16.2 Å². The lowest BCUT2D eigenvalue weighted by molar-refractivity contribution is -0.140. The Morgan fingerprint density at radius 1 is 0.906 bits per heavy atom. The number of unbranched alkanes of at least 4 members (excludes halogenated alkanes) is 1. The number of benzene rings is 1. The van der Waals surface area contributed by atoms with E-state index in [1.807, 2.05) is 0 Å². The van der Waals surface area contributed by atoms with Crippen molar-refractivity contribution in [3.05, 3.63) is 35.4 Å². The van der Waals surface area contributed by atoms with Crippen molar-refractivity contribution in [2.75, 3.05) is 39.3 Å². The van der Waals surface area contributed by atoms with Crippen LogP contribution in [0.1, 0.15) is 49.7 Å². The highest BCUT2D eigenvalue weighted by atomic mass is 35.5. The summed E-state index contributed by atoms with van der Waals surface area (Å²) in [6.07, 6.45) is 5.95. The predicted octanol–water partition coefficient (Wildman–Crippen LogP) is 3.59. The first-order valence-electron chi connectivity index (χ1n) is 11.8. The molecule has 0 unspecified atom stereocenters. The second-order valence-corrected chi connectivity index (χ2v) is 9.94. The molecule has 0 N–H and O–H groups in total. The highest BCUT2D eigenvalue weighted by Crippen LogP contribution is 2.38. The van der Waals surface area contributed by atoms with Gasteiger partial charge < -0.3 is 4.90 Å². The first-order chi connectivity index (χ1) is 15.2. The zero-order chi connectivity index (χ0) is 21.2. The number of fused-ring (bicyclic) bond motifs is 2. The Kier molecular flexibility index (Phi) is 7.79. The van der Waals surface area contributed by atoms with Gasteiger partial charge in [0.1, 0.15) is 5.84 Å². The first-order valence-corrected chi connectivity index (χ1v) is 12.8. The van der Waals surface area contributed by atoms with Gasteiger partial charge >= 0.3 is 0 Å². The van der Waals surface area contributed by atoms with Crippen molar-refractivity contribution < 1.29 is 9.59 Å². The van der Waals surface area contributed by atoms with Crippen LogP contribution in [0.25, 0.3) is 0 Å². The minimum Gasteiger partial charge on any atom is -0.353 e. The lowest BCUT2D eigenvalue weighted by atomic mass is 9.81. The lowest BCUT2D eigenvalue weighted by Crippen LogP contribution is -2.49. The Morgan fingerprint density at radius 2 is 1.56 bits per heavy atom. The number of carbonyl (C=O) groups is 2. The third-order valence-corrected chi connectivity index (χ3v) is 8.08. The Balaban J connectivity index is 0.00000245. The van der Waals surface area contributed by atoms with Crippen molar-refractivity contribution in [3.8, 4) is 0 Å². The van der Waals surface area contributed by atoms with Gasteiger partial charge in [-0.05, 0) is 49.7 Å². The van der Waals surface area contributed by atoms with Gasteiger partial charge in [0.2, 0.25) is 11.8 Å². The molecule has 0 spiro atoms. The van der Waals surface area contributed by atoms with Crippen LogP contribution in [-0.2, 0) is 15.3 Å². The average molecular weight is 477 g/mol. The van der Waals surface area contributed by atoms with E-state index in [1.54, 1.807) is 16.8 Å². The van der Waals surface area contributed by atoms with Gasteiger partial charge in [0.25, 0.3) is 0 Å². The maximum absolute atomic E-state index is 12.6. The zero-order valence-electron chi connectivity index (χ0n) is 18.6. The molecular weight excluding hydrogens is 444 g/mol. The van der Waals surface area contributed by atoms with Crippen LogP contribution < -0.4 is 0 Å². The molecule has 5 rings (SSSR count). The summed E-state index contributed by atoms with van der Waals surface area (Å²) in [6, 6.07) is 8.61. The van der Waals surface area contributed by atoms with Crippen molar-refractivity contribution in [2.45, 2.75) is 44.3 Å². The molecule has 1 aromatic carbocycles. The molecule has 0 bridgehead atoms. The average Bonchev–Trinajstić information content (AvgIpc) is 3.07. The maximum atomic E-state index is 12.6. The molecule has 1 aliphatic carbocycles. The standard InChI is InChI=1S/C24H32N4O2S.ClH/c29-23-20-9-3-4-10-21(20)24(30)28(23)12-6-5-11-26-13-15-27(16-14-26)22-19-8-2-1-7-18(19)17-31-25-22;/h1-2,7-8,20-21H,3-6,9-17H2;1H/t20-,21+;. The molecule has 0 aromatic heterocycles. The summed E-state index contributed by atoms with van der Waals surface area (Å²) in [6.45, 7) is 5.72. The van der Waals surface area contributed by atoms with Crippen LogP contribution in [0.15, 0.2) is 28.7 Å². The van der Waals surface area contributed by atoms with E-state index in [0.717, 1.165) is 82.8 Å². The smallest absolute Gasteiger partial charge is 0.233 e. The fourth-order valence-corrected chi connectivity index (χ4v) is 6.34. The highest BCUT2D eigenvalue weighted by Gasteiger charge is 2.47. The van der Waals surface area contributed by atoms with E-state index < -0.39 is 0 Å². The maximum Gasteiger partial charge on any atom is 0.233 e. The molecule has 2 amide bonds. The van der Waals surface area contributed by atoms with E-state index in [4.69, 9.17) is 4.40 Å². The second kappa shape index (κ2) is 10.6. The van der Waals surface area contributed by atoms with Gasteiger partial charge in [0.05, 0.1) is 11.8 Å². The van der Waals surface area contributed by atoms with E-state index >= 15 is 0 Å². The van der Waals surface area contributed by atoms with E-state index in [0.29, 0.717) is 6.54 Å². The zero-order valence-corrected chi connectivity index (χ0v) is 20.2. The number of piperazine rings is 1. The first kappa shape index (κ1) is 23.6. The second-order valence-electron chi connectivity index (χ2n) is 9.21. The number of amides is 2. The van der Waals surface area contributed by atoms with Crippen LogP contribution in [0.3, 0.4) is 0 Å². The molecule has 4 aliphatic rings. The topological polar surface area (TPSA) is 56.2 Å². The molecule has 0 radical (unpaired) electrons. The normalized spacial score (nSPS) is 25.8.